The molecule has 5 nitrogen and oxygen atoms in total. The van der Waals surface area contributed by atoms with Crippen molar-refractivity contribution in [1.29, 1.82) is 0 Å². The van der Waals surface area contributed by atoms with Gasteiger partial charge in [0.1, 0.15) is 0 Å². The van der Waals surface area contributed by atoms with Crippen molar-refractivity contribution < 1.29 is 13.6 Å². The van der Waals surface area contributed by atoms with E-state index in [-0.39, 0.29) is 0 Å². The van der Waals surface area contributed by atoms with Crippen LogP contribution in [0.2, 0.25) is 0 Å². The van der Waals surface area contributed by atoms with E-state index in [1.165, 1.54) is 16.9 Å². The Balaban J connectivity index is 1.37. The van der Waals surface area contributed by atoms with Crippen LogP contribution in [0.15, 0.2) is 30.3 Å². The van der Waals surface area contributed by atoms with Crippen LogP contribution in [0.1, 0.15) is 22.6 Å². The van der Waals surface area contributed by atoms with Crippen molar-refractivity contribution in [1.82, 2.24) is 15.2 Å². The van der Waals surface area contributed by atoms with Crippen molar-refractivity contribution in [2.45, 2.75) is 37.9 Å². The Kier molecular flexibility index (Phi) is 4.73. The van der Waals surface area contributed by atoms with E-state index in [1.807, 2.05) is 18.2 Å². The van der Waals surface area contributed by atoms with E-state index in [0.29, 0.717) is 5.13 Å². The summed E-state index contributed by atoms with van der Waals surface area (Å²) >= 11 is 1.44. The number of hydrogen-bond acceptors (Lipinski definition) is 5. The van der Waals surface area contributed by atoms with Gasteiger partial charge in [0.25, 0.3) is 5.92 Å². The lowest BCUT2D eigenvalue weighted by Gasteiger charge is -2.25. The molecule has 0 spiro atoms. The van der Waals surface area contributed by atoms with Gasteiger partial charge in [-0.2, -0.15) is 0 Å². The Bertz CT molecular complexity index is 796. The van der Waals surface area contributed by atoms with Gasteiger partial charge in [0.15, 0.2) is 5.13 Å². The van der Waals surface area contributed by atoms with E-state index in [4.69, 9.17) is 0 Å². The number of alkyl halides is 2. The normalized spacial score (nSPS) is 22.2. The van der Waals surface area contributed by atoms with Gasteiger partial charge < -0.3 is 5.32 Å². The summed E-state index contributed by atoms with van der Waals surface area (Å²) < 4.78 is 26.5. The van der Waals surface area contributed by atoms with Gasteiger partial charge in [0.2, 0.25) is 5.91 Å². The summed E-state index contributed by atoms with van der Waals surface area (Å²) in [6.07, 6.45) is 0.364. The number of fused-ring (bicyclic) bond motifs is 1. The summed E-state index contributed by atoms with van der Waals surface area (Å²) in [5.41, 5.74) is 2.27. The minimum Gasteiger partial charge on any atom is -0.301 e. The van der Waals surface area contributed by atoms with Crippen molar-refractivity contribution in [3.63, 3.8) is 0 Å². The average Bonchev–Trinajstić information content (AvgIpc) is 3.17. The van der Waals surface area contributed by atoms with Crippen LogP contribution in [0.3, 0.4) is 0 Å². The van der Waals surface area contributed by atoms with Gasteiger partial charge in [-0.15, -0.1) is 11.3 Å². The third-order valence-electron chi connectivity index (χ3n) is 4.72. The molecule has 0 bridgehead atoms. The van der Waals surface area contributed by atoms with Gasteiger partial charge in [-0.1, -0.05) is 30.3 Å². The van der Waals surface area contributed by atoms with Crippen LogP contribution in [-0.2, 0) is 24.3 Å². The first-order chi connectivity index (χ1) is 12.5. The highest BCUT2D eigenvalue weighted by atomic mass is 32.1. The first-order valence-electron chi connectivity index (χ1n) is 8.65. The van der Waals surface area contributed by atoms with E-state index in [9.17, 15) is 13.6 Å². The SMILES string of the molecule is O=C(Nc1nc2c(s1)CN(Cc1ccccc1)CC2)C1CC(F)(F)CN1. The zero-order valence-corrected chi connectivity index (χ0v) is 15.0. The number of rotatable bonds is 4. The molecule has 2 N–H and O–H groups in total. The Morgan fingerprint density at radius 1 is 1.38 bits per heavy atom. The Morgan fingerprint density at radius 3 is 2.92 bits per heavy atom. The second-order valence-electron chi connectivity index (χ2n) is 6.82. The molecule has 1 aromatic carbocycles. The molecule has 0 aliphatic carbocycles. The number of anilines is 1. The quantitative estimate of drug-likeness (QED) is 0.859. The lowest BCUT2D eigenvalue weighted by atomic mass is 10.1. The molecule has 1 saturated heterocycles. The summed E-state index contributed by atoms with van der Waals surface area (Å²) in [6.45, 7) is 2.13. The lowest BCUT2D eigenvalue weighted by Crippen LogP contribution is -2.35. The number of benzene rings is 1. The molecule has 1 aromatic heterocycles. The van der Waals surface area contributed by atoms with Crippen LogP contribution in [0.25, 0.3) is 0 Å². The molecule has 2 aliphatic heterocycles. The highest BCUT2D eigenvalue weighted by Gasteiger charge is 2.42. The average molecular weight is 378 g/mol. The molecule has 2 aromatic rings. The van der Waals surface area contributed by atoms with Gasteiger partial charge in [-0.3, -0.25) is 15.0 Å². The lowest BCUT2D eigenvalue weighted by molar-refractivity contribution is -0.118. The summed E-state index contributed by atoms with van der Waals surface area (Å²) in [7, 11) is 0. The number of nitrogens with one attached hydrogen (secondary N) is 2. The molecule has 1 amide bonds. The first kappa shape index (κ1) is 17.5. The summed E-state index contributed by atoms with van der Waals surface area (Å²) in [5, 5.41) is 5.77. The number of carbonyl (C=O) groups is 1. The van der Waals surface area contributed by atoms with Crippen molar-refractivity contribution in [2.24, 2.45) is 0 Å². The maximum absolute atomic E-state index is 13.2. The third-order valence-corrected chi connectivity index (χ3v) is 5.71. The number of thiazole rings is 1. The van der Waals surface area contributed by atoms with E-state index in [1.54, 1.807) is 0 Å². The van der Waals surface area contributed by atoms with Crippen LogP contribution in [-0.4, -0.2) is 40.8 Å². The molecule has 4 rings (SSSR count). The van der Waals surface area contributed by atoms with Gasteiger partial charge in [-0.25, -0.2) is 13.8 Å². The van der Waals surface area contributed by atoms with Crippen LogP contribution >= 0.6 is 11.3 Å². The van der Waals surface area contributed by atoms with Crippen molar-refractivity contribution in [3.05, 3.63) is 46.5 Å². The Hall–Kier alpha value is -1.90. The molecule has 2 aliphatic rings. The molecular weight excluding hydrogens is 358 g/mol. The third kappa shape index (κ3) is 3.92. The molecule has 26 heavy (non-hydrogen) atoms. The minimum atomic E-state index is -2.82. The monoisotopic (exact) mass is 378 g/mol. The smallest absolute Gasteiger partial charge is 0.262 e. The van der Waals surface area contributed by atoms with Crippen LogP contribution < -0.4 is 10.6 Å². The number of aromatic nitrogens is 1. The number of hydrogen-bond donors (Lipinski definition) is 2. The van der Waals surface area contributed by atoms with E-state index < -0.39 is 30.8 Å². The van der Waals surface area contributed by atoms with Crippen molar-refractivity contribution >= 4 is 22.4 Å². The fraction of sp³-hybridized carbons (Fsp3) is 0.444. The molecular formula is C18H20F2N4OS. The molecule has 0 radical (unpaired) electrons. The fourth-order valence-electron chi connectivity index (χ4n) is 3.37. The minimum absolute atomic E-state index is 0.436. The van der Waals surface area contributed by atoms with E-state index in [0.717, 1.165) is 36.6 Å². The predicted octanol–water partition coefficient (Wildman–Crippen LogP) is 2.64. The molecule has 3 heterocycles. The van der Waals surface area contributed by atoms with Gasteiger partial charge in [0.05, 0.1) is 18.3 Å². The maximum Gasteiger partial charge on any atom is 0.262 e. The number of nitrogens with zero attached hydrogens (tertiary/aromatic N) is 2. The zero-order chi connectivity index (χ0) is 18.1. The molecule has 8 heteroatoms. The number of carbonyl (C=O) groups excluding carboxylic acids is 1. The van der Waals surface area contributed by atoms with E-state index >= 15 is 0 Å². The molecule has 138 valence electrons. The standard InChI is InChI=1S/C18H20F2N4OS/c19-18(20)8-14(21-11-18)16(25)23-17-22-13-6-7-24(10-15(13)26-17)9-12-4-2-1-3-5-12/h1-5,14,21H,6-11H2,(H,22,23,25). The highest BCUT2D eigenvalue weighted by Crippen LogP contribution is 2.30. The fourth-order valence-corrected chi connectivity index (χ4v) is 4.43. The first-order valence-corrected chi connectivity index (χ1v) is 9.47. The van der Waals surface area contributed by atoms with Gasteiger partial charge in [0, 0.05) is 37.4 Å². The molecule has 0 saturated carbocycles. The van der Waals surface area contributed by atoms with E-state index in [2.05, 4.69) is 32.7 Å². The Morgan fingerprint density at radius 2 is 2.19 bits per heavy atom. The van der Waals surface area contributed by atoms with Crippen LogP contribution in [0.5, 0.6) is 0 Å². The second kappa shape index (κ2) is 7.02. The molecule has 1 fully saturated rings. The maximum atomic E-state index is 13.2. The summed E-state index contributed by atoms with van der Waals surface area (Å²) in [4.78, 5) is 20.1. The summed E-state index contributed by atoms with van der Waals surface area (Å²) in [5.74, 6) is -3.25. The van der Waals surface area contributed by atoms with Crippen molar-refractivity contribution in [2.75, 3.05) is 18.4 Å². The Labute approximate surface area is 154 Å². The van der Waals surface area contributed by atoms with Crippen LogP contribution in [0.4, 0.5) is 13.9 Å². The molecule has 1 unspecified atom stereocenters. The van der Waals surface area contributed by atoms with Crippen molar-refractivity contribution in [3.8, 4) is 0 Å². The topological polar surface area (TPSA) is 57.3 Å². The van der Waals surface area contributed by atoms with Crippen LogP contribution in [0, 0.1) is 0 Å². The predicted molar refractivity (Wildman–Crippen MR) is 96.4 cm³/mol. The second-order valence-corrected chi connectivity index (χ2v) is 7.90. The van der Waals surface area contributed by atoms with Gasteiger partial charge >= 0.3 is 0 Å². The summed E-state index contributed by atoms with van der Waals surface area (Å²) in [6, 6.07) is 9.43. The largest absolute Gasteiger partial charge is 0.301 e. The zero-order valence-electron chi connectivity index (χ0n) is 14.2. The van der Waals surface area contributed by atoms with Gasteiger partial charge in [-0.05, 0) is 5.56 Å². The highest BCUT2D eigenvalue weighted by molar-refractivity contribution is 7.15. The number of amides is 1. The number of halogens is 2. The molecule has 1 atom stereocenters.